The molecule has 31 heavy (non-hydrogen) atoms. The first-order valence-corrected chi connectivity index (χ1v) is 10.1. The van der Waals surface area contributed by atoms with Gasteiger partial charge in [0.1, 0.15) is 6.10 Å². The number of alkyl halides is 3. The van der Waals surface area contributed by atoms with E-state index in [2.05, 4.69) is 15.3 Å². The van der Waals surface area contributed by atoms with E-state index in [1.807, 2.05) is 6.07 Å². The first-order valence-electron chi connectivity index (χ1n) is 9.70. The van der Waals surface area contributed by atoms with Gasteiger partial charge in [-0.15, -0.1) is 0 Å². The molecule has 0 saturated carbocycles. The van der Waals surface area contributed by atoms with Gasteiger partial charge in [0.25, 0.3) is 0 Å². The van der Waals surface area contributed by atoms with Crippen LogP contribution in [0, 0.1) is 0 Å². The summed E-state index contributed by atoms with van der Waals surface area (Å²) in [6.45, 7) is 3.12. The third-order valence-electron chi connectivity index (χ3n) is 5.20. The Labute approximate surface area is 182 Å². The van der Waals surface area contributed by atoms with Crippen LogP contribution in [0.1, 0.15) is 35.4 Å². The Morgan fingerprint density at radius 2 is 1.87 bits per heavy atom. The Morgan fingerprint density at radius 1 is 1.13 bits per heavy atom. The predicted octanol–water partition coefficient (Wildman–Crippen LogP) is 5.18. The van der Waals surface area contributed by atoms with Crippen LogP contribution in [0.5, 0.6) is 5.75 Å². The van der Waals surface area contributed by atoms with Crippen molar-refractivity contribution in [1.29, 1.82) is 0 Å². The number of nitrogen functional groups attached to an aromatic ring is 1. The molecule has 3 aromatic rings. The van der Waals surface area contributed by atoms with Crippen molar-refractivity contribution in [2.45, 2.75) is 32.2 Å². The Morgan fingerprint density at radius 3 is 2.65 bits per heavy atom. The van der Waals surface area contributed by atoms with Crippen molar-refractivity contribution in [1.82, 2.24) is 15.3 Å². The highest BCUT2D eigenvalue weighted by Crippen LogP contribution is 2.38. The van der Waals surface area contributed by atoms with Gasteiger partial charge in [0.15, 0.2) is 11.6 Å². The van der Waals surface area contributed by atoms with Gasteiger partial charge in [0.05, 0.1) is 11.3 Å². The van der Waals surface area contributed by atoms with Crippen LogP contribution in [-0.4, -0.2) is 16.5 Å². The normalized spacial score (nSPS) is 14.7. The molecule has 2 aromatic heterocycles. The van der Waals surface area contributed by atoms with Gasteiger partial charge in [-0.25, -0.2) is 4.98 Å². The van der Waals surface area contributed by atoms with Gasteiger partial charge in [-0.3, -0.25) is 4.98 Å². The minimum Gasteiger partial charge on any atom is -0.482 e. The van der Waals surface area contributed by atoms with Crippen LogP contribution >= 0.6 is 11.6 Å². The molecule has 1 aliphatic rings. The largest absolute Gasteiger partial charge is 0.482 e. The number of hydrogen-bond donors (Lipinski definition) is 2. The molecular formula is C22H20ClF3N4O. The molecule has 0 radical (unpaired) electrons. The maximum Gasteiger partial charge on any atom is 0.416 e. The standard InChI is InChI=1S/C22H20ClF3N4O/c1-12(17-8-16(23)2-3-18(17)22(24,25)26)31-20-7-15(10-30-21(20)27)14-6-13-4-5-28-11-19(13)29-9-14/h2-3,6-10,12,28H,4-5,11H2,1H3,(H2,27,30). The third-order valence-corrected chi connectivity index (χ3v) is 5.43. The first kappa shape index (κ1) is 21.4. The summed E-state index contributed by atoms with van der Waals surface area (Å²) < 4.78 is 46.1. The average Bonchev–Trinajstić information content (AvgIpc) is 2.74. The second-order valence-electron chi connectivity index (χ2n) is 7.35. The van der Waals surface area contributed by atoms with E-state index in [0.717, 1.165) is 42.4 Å². The number of hydrogen-bond acceptors (Lipinski definition) is 5. The molecule has 1 aromatic carbocycles. The summed E-state index contributed by atoms with van der Waals surface area (Å²) in [6.07, 6.45) is -1.29. The SMILES string of the molecule is CC(Oc1cc(-c2cnc3c(c2)CCNC3)cnc1N)c1cc(Cl)ccc1C(F)(F)F. The van der Waals surface area contributed by atoms with Gasteiger partial charge in [-0.05, 0) is 55.8 Å². The zero-order valence-corrected chi connectivity index (χ0v) is 17.4. The van der Waals surface area contributed by atoms with E-state index in [1.54, 1.807) is 18.5 Å². The van der Waals surface area contributed by atoms with Crippen molar-refractivity contribution >= 4 is 17.4 Å². The number of fused-ring (bicyclic) bond motifs is 1. The molecule has 5 nitrogen and oxygen atoms in total. The number of halogens is 4. The molecule has 1 atom stereocenters. The molecule has 3 heterocycles. The topological polar surface area (TPSA) is 73.1 Å². The number of ether oxygens (including phenoxy) is 1. The predicted molar refractivity (Wildman–Crippen MR) is 113 cm³/mol. The highest BCUT2D eigenvalue weighted by atomic mass is 35.5. The second kappa shape index (κ2) is 8.36. The zero-order chi connectivity index (χ0) is 22.2. The quantitative estimate of drug-likeness (QED) is 0.575. The maximum atomic E-state index is 13.4. The molecule has 9 heteroatoms. The van der Waals surface area contributed by atoms with Gasteiger partial charge in [-0.1, -0.05) is 11.6 Å². The minimum atomic E-state index is -4.53. The number of benzene rings is 1. The number of nitrogens with one attached hydrogen (secondary N) is 1. The fourth-order valence-electron chi connectivity index (χ4n) is 3.59. The second-order valence-corrected chi connectivity index (χ2v) is 7.79. The van der Waals surface area contributed by atoms with Gasteiger partial charge >= 0.3 is 6.18 Å². The van der Waals surface area contributed by atoms with Crippen molar-refractivity contribution in [2.75, 3.05) is 12.3 Å². The van der Waals surface area contributed by atoms with Crippen LogP contribution < -0.4 is 15.8 Å². The van der Waals surface area contributed by atoms with Gasteiger partial charge in [0, 0.05) is 40.7 Å². The highest BCUT2D eigenvalue weighted by Gasteiger charge is 2.35. The van der Waals surface area contributed by atoms with Crippen LogP contribution in [0.3, 0.4) is 0 Å². The summed E-state index contributed by atoms with van der Waals surface area (Å²) in [5.41, 5.74) is 8.78. The molecule has 162 valence electrons. The van der Waals surface area contributed by atoms with E-state index >= 15 is 0 Å². The molecule has 0 aliphatic carbocycles. The first-order chi connectivity index (χ1) is 14.7. The van der Waals surface area contributed by atoms with Crippen LogP contribution in [-0.2, 0) is 19.1 Å². The Kier molecular flexibility index (Phi) is 5.77. The number of anilines is 1. The Bertz CT molecular complexity index is 1120. The van der Waals surface area contributed by atoms with E-state index in [0.29, 0.717) is 5.56 Å². The van der Waals surface area contributed by atoms with Crippen LogP contribution in [0.25, 0.3) is 11.1 Å². The van der Waals surface area contributed by atoms with Crippen molar-refractivity contribution in [3.8, 4) is 16.9 Å². The van der Waals surface area contributed by atoms with Gasteiger partial charge in [-0.2, -0.15) is 13.2 Å². The number of nitrogens with two attached hydrogens (primary N) is 1. The van der Waals surface area contributed by atoms with Crippen LogP contribution in [0.15, 0.2) is 42.7 Å². The number of rotatable bonds is 4. The summed E-state index contributed by atoms with van der Waals surface area (Å²) in [5, 5.41) is 3.46. The molecule has 3 N–H and O–H groups in total. The Hall–Kier alpha value is -2.84. The van der Waals surface area contributed by atoms with Crippen molar-refractivity contribution in [3.63, 3.8) is 0 Å². The molecule has 0 amide bonds. The smallest absolute Gasteiger partial charge is 0.416 e. The lowest BCUT2D eigenvalue weighted by molar-refractivity contribution is -0.138. The van der Waals surface area contributed by atoms with Crippen molar-refractivity contribution in [3.05, 3.63) is 70.1 Å². The van der Waals surface area contributed by atoms with E-state index < -0.39 is 17.8 Å². The van der Waals surface area contributed by atoms with Crippen molar-refractivity contribution < 1.29 is 17.9 Å². The molecule has 4 rings (SSSR count). The molecule has 1 unspecified atom stereocenters. The summed E-state index contributed by atoms with van der Waals surface area (Å²) in [4.78, 5) is 8.67. The van der Waals surface area contributed by atoms with E-state index in [-0.39, 0.29) is 22.2 Å². The van der Waals surface area contributed by atoms with Gasteiger partial charge < -0.3 is 15.8 Å². The zero-order valence-electron chi connectivity index (χ0n) is 16.6. The summed E-state index contributed by atoms with van der Waals surface area (Å²) in [5.74, 6) is 0.277. The van der Waals surface area contributed by atoms with Crippen LogP contribution in [0.2, 0.25) is 5.02 Å². The Balaban J connectivity index is 1.65. The fourth-order valence-corrected chi connectivity index (χ4v) is 3.77. The molecular weight excluding hydrogens is 429 g/mol. The third kappa shape index (κ3) is 4.60. The lowest BCUT2D eigenvalue weighted by Crippen LogP contribution is -2.24. The molecule has 0 fully saturated rings. The minimum absolute atomic E-state index is 0.0762. The molecule has 0 bridgehead atoms. The van der Waals surface area contributed by atoms with Crippen LogP contribution in [0.4, 0.5) is 19.0 Å². The molecule has 0 saturated heterocycles. The molecule has 0 spiro atoms. The summed E-state index contributed by atoms with van der Waals surface area (Å²) in [6, 6.07) is 7.12. The maximum absolute atomic E-state index is 13.4. The monoisotopic (exact) mass is 448 g/mol. The fraction of sp³-hybridized carbons (Fsp3) is 0.273. The molecule has 1 aliphatic heterocycles. The highest BCUT2D eigenvalue weighted by molar-refractivity contribution is 6.30. The van der Waals surface area contributed by atoms with Crippen molar-refractivity contribution in [2.24, 2.45) is 0 Å². The average molecular weight is 449 g/mol. The number of nitrogens with zero attached hydrogens (tertiary/aromatic N) is 2. The number of aromatic nitrogens is 2. The van der Waals surface area contributed by atoms with Gasteiger partial charge in [0.2, 0.25) is 0 Å². The lowest BCUT2D eigenvalue weighted by atomic mass is 10.0. The lowest BCUT2D eigenvalue weighted by Gasteiger charge is -2.21. The summed E-state index contributed by atoms with van der Waals surface area (Å²) >= 11 is 5.94. The van der Waals surface area contributed by atoms with E-state index in [4.69, 9.17) is 22.1 Å². The summed E-state index contributed by atoms with van der Waals surface area (Å²) in [7, 11) is 0. The number of pyridine rings is 2. The van der Waals surface area contributed by atoms with E-state index in [1.165, 1.54) is 19.1 Å². The van der Waals surface area contributed by atoms with E-state index in [9.17, 15) is 13.2 Å².